The molecule has 4 aromatic rings. The van der Waals surface area contributed by atoms with Crippen LogP contribution in [0.5, 0.6) is 0 Å². The lowest BCUT2D eigenvalue weighted by Gasteiger charge is -2.19. The van der Waals surface area contributed by atoms with Crippen LogP contribution in [0, 0.1) is 0 Å². The molecule has 144 valence electrons. The first-order chi connectivity index (χ1) is 14.2. The topological polar surface area (TPSA) is 59.8 Å². The van der Waals surface area contributed by atoms with Crippen LogP contribution in [-0.2, 0) is 6.54 Å². The lowest BCUT2D eigenvalue weighted by molar-refractivity contribution is 0.0931. The molecular weight excluding hydrogens is 384 g/mol. The molecule has 1 aromatic heterocycles. The van der Waals surface area contributed by atoms with Crippen LogP contribution in [0.1, 0.15) is 22.0 Å². The van der Waals surface area contributed by atoms with Gasteiger partial charge in [0.2, 0.25) is 0 Å². The Balaban J connectivity index is 1.52. The fourth-order valence-corrected chi connectivity index (χ4v) is 3.33. The molecule has 5 nitrogen and oxygen atoms in total. The molecule has 0 aliphatic carbocycles. The molecule has 0 saturated heterocycles. The normalized spacial score (nSPS) is 11.8. The minimum Gasteiger partial charge on any atom is -0.343 e. The molecule has 0 bridgehead atoms. The first kappa shape index (κ1) is 18.9. The highest BCUT2D eigenvalue weighted by Gasteiger charge is 2.17. The number of carbonyl (C=O) groups is 1. The number of nitrogens with zero attached hydrogens (tertiary/aromatic N) is 3. The molecule has 1 heterocycles. The monoisotopic (exact) mass is 402 g/mol. The number of amides is 1. The summed E-state index contributed by atoms with van der Waals surface area (Å²) in [4.78, 5) is 14.4. The van der Waals surface area contributed by atoms with Gasteiger partial charge in [0.05, 0.1) is 25.0 Å². The first-order valence-electron chi connectivity index (χ1n) is 9.25. The lowest BCUT2D eigenvalue weighted by Crippen LogP contribution is -2.32. The molecule has 3 aromatic carbocycles. The molecule has 0 radical (unpaired) electrons. The summed E-state index contributed by atoms with van der Waals surface area (Å²) in [6, 6.07) is 24.7. The van der Waals surface area contributed by atoms with Crippen LogP contribution in [0.2, 0.25) is 5.02 Å². The van der Waals surface area contributed by atoms with Crippen LogP contribution in [-0.4, -0.2) is 20.9 Å². The molecule has 1 atom stereocenters. The summed E-state index contributed by atoms with van der Waals surface area (Å²) < 4.78 is 0. The number of rotatable bonds is 6. The summed E-state index contributed by atoms with van der Waals surface area (Å²) in [5.74, 6) is -0.149. The van der Waals surface area contributed by atoms with E-state index in [2.05, 4.69) is 15.5 Å². The van der Waals surface area contributed by atoms with Gasteiger partial charge in [-0.05, 0) is 41.0 Å². The van der Waals surface area contributed by atoms with Gasteiger partial charge in [0, 0.05) is 10.6 Å². The van der Waals surface area contributed by atoms with E-state index < -0.39 is 0 Å². The highest BCUT2D eigenvalue weighted by molar-refractivity contribution is 6.30. The van der Waals surface area contributed by atoms with Crippen LogP contribution in [0.3, 0.4) is 0 Å². The minimum absolute atomic E-state index is 0.149. The SMILES string of the molecule is O=C(NC(Cn1nccn1)c1ccccc1)c1ccc(-c2cccc(Cl)c2)cc1. The molecule has 0 aliphatic heterocycles. The maximum Gasteiger partial charge on any atom is 0.251 e. The zero-order valence-corrected chi connectivity index (χ0v) is 16.3. The molecular formula is C23H19ClN4O. The van der Waals surface area contributed by atoms with Crippen LogP contribution >= 0.6 is 11.6 Å². The standard InChI is InChI=1S/C23H19ClN4O/c24-21-8-4-7-20(15-21)17-9-11-19(12-10-17)23(29)27-22(16-28-25-13-14-26-28)18-5-2-1-3-6-18/h1-15,22H,16H2,(H,27,29). The zero-order valence-electron chi connectivity index (χ0n) is 15.6. The molecule has 0 saturated carbocycles. The van der Waals surface area contributed by atoms with Gasteiger partial charge in [0.15, 0.2) is 0 Å². The van der Waals surface area contributed by atoms with E-state index in [4.69, 9.17) is 11.6 Å². The summed E-state index contributed by atoms with van der Waals surface area (Å²) >= 11 is 6.07. The van der Waals surface area contributed by atoms with E-state index in [1.807, 2.05) is 78.9 Å². The van der Waals surface area contributed by atoms with Gasteiger partial charge in [0.1, 0.15) is 0 Å². The largest absolute Gasteiger partial charge is 0.343 e. The maximum atomic E-state index is 12.9. The van der Waals surface area contributed by atoms with Gasteiger partial charge >= 0.3 is 0 Å². The van der Waals surface area contributed by atoms with Crippen molar-refractivity contribution in [3.05, 3.63) is 107 Å². The van der Waals surface area contributed by atoms with E-state index in [1.165, 1.54) is 0 Å². The maximum absolute atomic E-state index is 12.9. The zero-order chi connectivity index (χ0) is 20.1. The average Bonchev–Trinajstić information content (AvgIpc) is 3.27. The molecule has 1 unspecified atom stereocenters. The van der Waals surface area contributed by atoms with Gasteiger partial charge in [-0.15, -0.1) is 0 Å². The molecule has 1 N–H and O–H groups in total. The molecule has 1 amide bonds. The van der Waals surface area contributed by atoms with E-state index in [0.717, 1.165) is 16.7 Å². The summed E-state index contributed by atoms with van der Waals surface area (Å²) in [6.45, 7) is 0.448. The van der Waals surface area contributed by atoms with Crippen molar-refractivity contribution in [3.8, 4) is 11.1 Å². The smallest absolute Gasteiger partial charge is 0.251 e. The Morgan fingerprint density at radius 2 is 1.62 bits per heavy atom. The summed E-state index contributed by atoms with van der Waals surface area (Å²) in [5, 5.41) is 12.1. The predicted octanol–water partition coefficient (Wildman–Crippen LogP) is 4.77. The van der Waals surface area contributed by atoms with Gasteiger partial charge in [-0.25, -0.2) is 0 Å². The third kappa shape index (κ3) is 4.70. The number of hydrogen-bond acceptors (Lipinski definition) is 3. The van der Waals surface area contributed by atoms with Crippen LogP contribution in [0.4, 0.5) is 0 Å². The summed E-state index contributed by atoms with van der Waals surface area (Å²) in [5.41, 5.74) is 3.60. The second-order valence-electron chi connectivity index (χ2n) is 6.61. The fourth-order valence-electron chi connectivity index (χ4n) is 3.14. The number of hydrogen-bond donors (Lipinski definition) is 1. The highest BCUT2D eigenvalue weighted by Crippen LogP contribution is 2.23. The predicted molar refractivity (Wildman–Crippen MR) is 114 cm³/mol. The van der Waals surface area contributed by atoms with Crippen molar-refractivity contribution < 1.29 is 4.79 Å². The van der Waals surface area contributed by atoms with Crippen molar-refractivity contribution in [3.63, 3.8) is 0 Å². The van der Waals surface area contributed by atoms with Crippen molar-refractivity contribution in [2.75, 3.05) is 0 Å². The van der Waals surface area contributed by atoms with E-state index in [-0.39, 0.29) is 11.9 Å². The van der Waals surface area contributed by atoms with Crippen molar-refractivity contribution in [2.45, 2.75) is 12.6 Å². The van der Waals surface area contributed by atoms with Gasteiger partial charge < -0.3 is 5.32 Å². The Hall–Kier alpha value is -3.44. The van der Waals surface area contributed by atoms with Crippen molar-refractivity contribution in [2.24, 2.45) is 0 Å². The van der Waals surface area contributed by atoms with E-state index in [1.54, 1.807) is 17.2 Å². The van der Waals surface area contributed by atoms with Gasteiger partial charge in [-0.2, -0.15) is 15.0 Å². The van der Waals surface area contributed by atoms with Crippen LogP contribution in [0.15, 0.2) is 91.3 Å². The Labute approximate surface area is 174 Å². The van der Waals surface area contributed by atoms with Crippen molar-refractivity contribution in [1.29, 1.82) is 0 Å². The molecule has 4 rings (SSSR count). The minimum atomic E-state index is -0.247. The van der Waals surface area contributed by atoms with E-state index >= 15 is 0 Å². The number of nitrogens with one attached hydrogen (secondary N) is 1. The number of aromatic nitrogens is 3. The quantitative estimate of drug-likeness (QED) is 0.505. The number of halogens is 1. The number of benzene rings is 3. The Morgan fingerprint density at radius 1 is 0.897 bits per heavy atom. The lowest BCUT2D eigenvalue weighted by atomic mass is 10.0. The molecule has 0 spiro atoms. The van der Waals surface area contributed by atoms with Crippen LogP contribution in [0.25, 0.3) is 11.1 Å². The van der Waals surface area contributed by atoms with Crippen LogP contribution < -0.4 is 5.32 Å². The third-order valence-electron chi connectivity index (χ3n) is 4.62. The first-order valence-corrected chi connectivity index (χ1v) is 9.63. The summed E-state index contributed by atoms with van der Waals surface area (Å²) in [6.07, 6.45) is 3.25. The average molecular weight is 403 g/mol. The molecule has 29 heavy (non-hydrogen) atoms. The fraction of sp³-hybridized carbons (Fsp3) is 0.0870. The summed E-state index contributed by atoms with van der Waals surface area (Å²) in [7, 11) is 0. The number of carbonyl (C=O) groups excluding carboxylic acids is 1. The second kappa shape index (κ2) is 8.71. The molecule has 0 fully saturated rings. The second-order valence-corrected chi connectivity index (χ2v) is 7.04. The molecule has 0 aliphatic rings. The van der Waals surface area contributed by atoms with Crippen molar-refractivity contribution in [1.82, 2.24) is 20.3 Å². The Morgan fingerprint density at radius 3 is 2.31 bits per heavy atom. The van der Waals surface area contributed by atoms with Gasteiger partial charge in [-0.3, -0.25) is 4.79 Å². The Bertz CT molecular complexity index is 1080. The van der Waals surface area contributed by atoms with Gasteiger partial charge in [0.25, 0.3) is 5.91 Å². The van der Waals surface area contributed by atoms with Crippen molar-refractivity contribution >= 4 is 17.5 Å². The Kier molecular flexibility index (Phi) is 5.68. The highest BCUT2D eigenvalue weighted by atomic mass is 35.5. The van der Waals surface area contributed by atoms with E-state index in [0.29, 0.717) is 17.1 Å². The van der Waals surface area contributed by atoms with E-state index in [9.17, 15) is 4.79 Å². The third-order valence-corrected chi connectivity index (χ3v) is 4.86. The van der Waals surface area contributed by atoms with Gasteiger partial charge in [-0.1, -0.05) is 66.2 Å². The molecule has 6 heteroatoms.